The number of nitriles is 1. The lowest BCUT2D eigenvalue weighted by Crippen LogP contribution is -2.08. The van der Waals surface area contributed by atoms with Gasteiger partial charge < -0.3 is 10.6 Å². The van der Waals surface area contributed by atoms with Crippen molar-refractivity contribution in [1.29, 1.82) is 5.26 Å². The fourth-order valence-corrected chi connectivity index (χ4v) is 2.45. The number of hydrogen-bond acceptors (Lipinski definition) is 5. The van der Waals surface area contributed by atoms with E-state index in [0.29, 0.717) is 11.3 Å². The van der Waals surface area contributed by atoms with Gasteiger partial charge >= 0.3 is 0 Å². The molecule has 0 aliphatic rings. The Hall–Kier alpha value is -3.39. The number of fused-ring (bicyclic) bond motifs is 1. The van der Waals surface area contributed by atoms with Crippen LogP contribution in [-0.4, -0.2) is 25.3 Å². The third-order valence-electron chi connectivity index (χ3n) is 3.74. The summed E-state index contributed by atoms with van der Waals surface area (Å²) in [6.45, 7) is 0. The molecule has 0 atom stereocenters. The number of anilines is 2. The summed E-state index contributed by atoms with van der Waals surface area (Å²) in [4.78, 5) is 10.9. The van der Waals surface area contributed by atoms with Gasteiger partial charge in [-0.15, -0.1) is 0 Å². The number of hydrogen-bond donors (Lipinski definition) is 1. The fourth-order valence-electron chi connectivity index (χ4n) is 2.45. The minimum atomic E-state index is 0.197. The van der Waals surface area contributed by atoms with Gasteiger partial charge in [0.05, 0.1) is 11.2 Å². The topological polar surface area (TPSA) is 78.3 Å². The van der Waals surface area contributed by atoms with E-state index in [0.717, 1.165) is 22.2 Å². The van der Waals surface area contributed by atoms with Crippen molar-refractivity contribution in [2.24, 2.45) is 4.99 Å². The highest BCUT2D eigenvalue weighted by molar-refractivity contribution is 5.99. The van der Waals surface area contributed by atoms with E-state index in [1.807, 2.05) is 67.5 Å². The molecule has 2 N–H and O–H groups in total. The highest BCUT2D eigenvalue weighted by Crippen LogP contribution is 2.34. The third kappa shape index (κ3) is 2.90. The van der Waals surface area contributed by atoms with E-state index in [2.05, 4.69) is 16.0 Å². The second-order valence-corrected chi connectivity index (χ2v) is 5.60. The van der Waals surface area contributed by atoms with Gasteiger partial charge in [0.1, 0.15) is 17.5 Å². The van der Waals surface area contributed by atoms with Crippen molar-refractivity contribution in [1.82, 2.24) is 4.98 Å². The highest BCUT2D eigenvalue weighted by Gasteiger charge is 2.13. The van der Waals surface area contributed by atoms with Crippen molar-refractivity contribution in [3.63, 3.8) is 0 Å². The smallest absolute Gasteiger partial charge is 0.144 e. The molecule has 3 aromatic rings. The lowest BCUT2D eigenvalue weighted by atomic mass is 10.1. The van der Waals surface area contributed by atoms with Crippen LogP contribution in [0.15, 0.2) is 53.5 Å². The largest absolute Gasteiger partial charge is 0.383 e. The van der Waals surface area contributed by atoms with Gasteiger partial charge in [0.15, 0.2) is 0 Å². The lowest BCUT2D eigenvalue weighted by Gasteiger charge is -2.14. The first-order valence-corrected chi connectivity index (χ1v) is 7.50. The molecule has 0 bridgehead atoms. The first-order chi connectivity index (χ1) is 11.6. The Morgan fingerprint density at radius 2 is 1.92 bits per heavy atom. The SMILES string of the molecule is CN(C)c1ccc2nc(N)c(C#N)c(/N=C/c3ccccc3)c2c1. The Bertz CT molecular complexity index is 953. The molecule has 2 aromatic carbocycles. The van der Waals surface area contributed by atoms with Crippen LogP contribution < -0.4 is 10.6 Å². The second kappa shape index (κ2) is 6.39. The first-order valence-electron chi connectivity index (χ1n) is 7.50. The lowest BCUT2D eigenvalue weighted by molar-refractivity contribution is 1.13. The van der Waals surface area contributed by atoms with Gasteiger partial charge in [-0.1, -0.05) is 30.3 Å². The van der Waals surface area contributed by atoms with Crippen LogP contribution in [0.5, 0.6) is 0 Å². The molecule has 0 fully saturated rings. The van der Waals surface area contributed by atoms with Crippen LogP contribution in [0, 0.1) is 11.3 Å². The predicted molar refractivity (Wildman–Crippen MR) is 98.9 cm³/mol. The standard InChI is InChI=1S/C19H17N5/c1-24(2)14-8-9-17-15(10-14)18(16(11-20)19(21)23-17)22-12-13-6-4-3-5-7-13/h3-10,12H,1-2H3,(H2,21,23)/b22-12+. The monoisotopic (exact) mass is 315 g/mol. The minimum Gasteiger partial charge on any atom is -0.383 e. The summed E-state index contributed by atoms with van der Waals surface area (Å²) in [7, 11) is 3.92. The van der Waals surface area contributed by atoms with Crippen LogP contribution in [0.2, 0.25) is 0 Å². The molecule has 118 valence electrons. The van der Waals surface area contributed by atoms with Gasteiger partial charge in [-0.2, -0.15) is 5.26 Å². The molecule has 0 saturated heterocycles. The van der Waals surface area contributed by atoms with E-state index in [1.165, 1.54) is 0 Å². The number of nitrogens with two attached hydrogens (primary N) is 1. The van der Waals surface area contributed by atoms with Gasteiger partial charge in [0.25, 0.3) is 0 Å². The number of aliphatic imine (C=N–C) groups is 1. The summed E-state index contributed by atoms with van der Waals surface area (Å²) in [5.41, 5.74) is 9.47. The molecule has 0 saturated carbocycles. The number of nitrogen functional groups attached to an aromatic ring is 1. The zero-order valence-corrected chi connectivity index (χ0v) is 13.6. The van der Waals surface area contributed by atoms with E-state index >= 15 is 0 Å². The maximum atomic E-state index is 9.48. The van der Waals surface area contributed by atoms with Crippen LogP contribution >= 0.6 is 0 Å². The van der Waals surface area contributed by atoms with E-state index in [-0.39, 0.29) is 5.82 Å². The van der Waals surface area contributed by atoms with E-state index in [1.54, 1.807) is 6.21 Å². The molecule has 1 aromatic heterocycles. The van der Waals surface area contributed by atoms with Crippen LogP contribution in [0.4, 0.5) is 17.2 Å². The Morgan fingerprint density at radius 3 is 2.58 bits per heavy atom. The van der Waals surface area contributed by atoms with Crippen molar-refractivity contribution >= 4 is 34.3 Å². The van der Waals surface area contributed by atoms with Crippen LogP contribution in [0.3, 0.4) is 0 Å². The number of nitrogens with zero attached hydrogens (tertiary/aromatic N) is 4. The van der Waals surface area contributed by atoms with E-state index in [9.17, 15) is 5.26 Å². The normalized spacial score (nSPS) is 10.9. The van der Waals surface area contributed by atoms with Crippen LogP contribution in [0.1, 0.15) is 11.1 Å². The Balaban J connectivity index is 2.24. The molecule has 0 spiro atoms. The third-order valence-corrected chi connectivity index (χ3v) is 3.74. The minimum absolute atomic E-state index is 0.197. The summed E-state index contributed by atoms with van der Waals surface area (Å²) in [6.07, 6.45) is 1.73. The van der Waals surface area contributed by atoms with Crippen molar-refractivity contribution < 1.29 is 0 Å². The number of benzene rings is 2. The zero-order valence-electron chi connectivity index (χ0n) is 13.6. The molecule has 0 amide bonds. The zero-order chi connectivity index (χ0) is 17.1. The average Bonchev–Trinajstić information content (AvgIpc) is 2.59. The molecule has 24 heavy (non-hydrogen) atoms. The molecule has 3 rings (SSSR count). The van der Waals surface area contributed by atoms with Gasteiger partial charge in [0, 0.05) is 31.4 Å². The van der Waals surface area contributed by atoms with Crippen molar-refractivity contribution in [2.75, 3.05) is 24.7 Å². The summed E-state index contributed by atoms with van der Waals surface area (Å²) in [5.74, 6) is 0.197. The Kier molecular flexibility index (Phi) is 4.13. The molecule has 0 aliphatic carbocycles. The van der Waals surface area contributed by atoms with E-state index in [4.69, 9.17) is 5.73 Å². The summed E-state index contributed by atoms with van der Waals surface area (Å²) in [6, 6.07) is 17.7. The van der Waals surface area contributed by atoms with Crippen LogP contribution in [-0.2, 0) is 0 Å². The first kappa shape index (κ1) is 15.5. The maximum absolute atomic E-state index is 9.48. The number of aromatic nitrogens is 1. The number of rotatable bonds is 3. The van der Waals surface area contributed by atoms with Crippen LogP contribution in [0.25, 0.3) is 10.9 Å². The van der Waals surface area contributed by atoms with Crippen molar-refractivity contribution in [3.05, 3.63) is 59.7 Å². The molecular formula is C19H17N5. The fraction of sp³-hybridized carbons (Fsp3) is 0.105. The molecule has 5 heteroatoms. The summed E-state index contributed by atoms with van der Waals surface area (Å²) >= 11 is 0. The highest BCUT2D eigenvalue weighted by atomic mass is 15.1. The second-order valence-electron chi connectivity index (χ2n) is 5.60. The molecule has 0 aliphatic heterocycles. The van der Waals surface area contributed by atoms with Gasteiger partial charge in [-0.05, 0) is 23.8 Å². The van der Waals surface area contributed by atoms with Gasteiger partial charge in [-0.25, -0.2) is 4.98 Å². The Morgan fingerprint density at radius 1 is 1.17 bits per heavy atom. The molecule has 0 unspecified atom stereocenters. The molecule has 5 nitrogen and oxygen atoms in total. The summed E-state index contributed by atoms with van der Waals surface area (Å²) in [5, 5.41) is 10.3. The molecule has 1 heterocycles. The Labute approximate surface area is 140 Å². The average molecular weight is 315 g/mol. The quantitative estimate of drug-likeness (QED) is 0.750. The maximum Gasteiger partial charge on any atom is 0.144 e. The number of pyridine rings is 1. The van der Waals surface area contributed by atoms with Gasteiger partial charge in [-0.3, -0.25) is 4.99 Å². The van der Waals surface area contributed by atoms with Gasteiger partial charge in [0.2, 0.25) is 0 Å². The predicted octanol–water partition coefficient (Wildman–Crippen LogP) is 3.51. The van der Waals surface area contributed by atoms with Crippen molar-refractivity contribution in [3.8, 4) is 6.07 Å². The molecular weight excluding hydrogens is 298 g/mol. The summed E-state index contributed by atoms with van der Waals surface area (Å²) < 4.78 is 0. The van der Waals surface area contributed by atoms with Crippen molar-refractivity contribution in [2.45, 2.75) is 0 Å². The van der Waals surface area contributed by atoms with E-state index < -0.39 is 0 Å². The molecule has 0 radical (unpaired) electrons.